The van der Waals surface area contributed by atoms with Gasteiger partial charge in [0.15, 0.2) is 5.13 Å². The number of carbonyl (C=O) groups excluding carboxylic acids is 1. The summed E-state index contributed by atoms with van der Waals surface area (Å²) in [5, 5.41) is 8.41. The van der Waals surface area contributed by atoms with E-state index in [1.165, 1.54) is 11.3 Å². The zero-order chi connectivity index (χ0) is 20.2. The number of carbonyl (C=O) groups is 1. The minimum Gasteiger partial charge on any atom is -0.331 e. The van der Waals surface area contributed by atoms with Gasteiger partial charge in [0, 0.05) is 40.8 Å². The van der Waals surface area contributed by atoms with Crippen molar-refractivity contribution in [3.63, 3.8) is 0 Å². The lowest BCUT2D eigenvalue weighted by atomic mass is 10.2. The molecular weight excluding hydrogens is 394 g/mol. The lowest BCUT2D eigenvalue weighted by Gasteiger charge is -2.09. The van der Waals surface area contributed by atoms with Crippen LogP contribution in [0, 0.1) is 11.6 Å². The number of benzene rings is 2. The van der Waals surface area contributed by atoms with Crippen LogP contribution in [0.5, 0.6) is 0 Å². The number of hydrogen-bond acceptors (Lipinski definition) is 5. The molecule has 0 unspecified atom stereocenters. The van der Waals surface area contributed by atoms with E-state index in [1.807, 2.05) is 23.6 Å². The Balaban J connectivity index is 1.48. The Morgan fingerprint density at radius 1 is 0.966 bits per heavy atom. The molecule has 0 saturated carbocycles. The van der Waals surface area contributed by atoms with Crippen molar-refractivity contribution in [1.82, 2.24) is 9.97 Å². The van der Waals surface area contributed by atoms with E-state index < -0.39 is 17.5 Å². The Labute approximate surface area is 169 Å². The number of nitrogens with zero attached hydrogens (tertiary/aromatic N) is 2. The molecule has 4 rings (SSSR count). The minimum atomic E-state index is -0.914. The number of aromatic nitrogens is 2. The van der Waals surface area contributed by atoms with Gasteiger partial charge in [-0.2, -0.15) is 0 Å². The second-order valence-corrected chi connectivity index (χ2v) is 6.92. The second kappa shape index (κ2) is 8.15. The Morgan fingerprint density at radius 2 is 1.76 bits per heavy atom. The maximum Gasteiger partial charge on any atom is 0.258 e. The monoisotopic (exact) mass is 408 g/mol. The zero-order valence-corrected chi connectivity index (χ0v) is 15.7. The molecule has 0 fully saturated rings. The normalized spacial score (nSPS) is 10.6. The third-order valence-corrected chi connectivity index (χ3v) is 4.79. The summed E-state index contributed by atoms with van der Waals surface area (Å²) in [5.41, 5.74) is 2.74. The van der Waals surface area contributed by atoms with Crippen LogP contribution in [-0.4, -0.2) is 15.9 Å². The fraction of sp³-hybridized carbons (Fsp3) is 0. The van der Waals surface area contributed by atoms with Gasteiger partial charge in [-0.25, -0.2) is 13.8 Å². The van der Waals surface area contributed by atoms with Gasteiger partial charge in [0.1, 0.15) is 11.6 Å². The first-order valence-corrected chi connectivity index (χ1v) is 9.46. The summed E-state index contributed by atoms with van der Waals surface area (Å²) >= 11 is 1.44. The van der Waals surface area contributed by atoms with Crippen molar-refractivity contribution >= 4 is 33.8 Å². The van der Waals surface area contributed by atoms with E-state index in [0.29, 0.717) is 22.6 Å². The maximum absolute atomic E-state index is 13.8. The highest BCUT2D eigenvalue weighted by atomic mass is 32.1. The molecule has 0 spiro atoms. The molecule has 2 heterocycles. The largest absolute Gasteiger partial charge is 0.331 e. The van der Waals surface area contributed by atoms with Gasteiger partial charge in [-0.1, -0.05) is 6.07 Å². The lowest BCUT2D eigenvalue weighted by Crippen LogP contribution is -2.14. The van der Waals surface area contributed by atoms with Gasteiger partial charge >= 0.3 is 0 Å². The van der Waals surface area contributed by atoms with E-state index in [1.54, 1.807) is 30.6 Å². The molecule has 0 radical (unpaired) electrons. The van der Waals surface area contributed by atoms with E-state index in [2.05, 4.69) is 20.6 Å². The highest BCUT2D eigenvalue weighted by molar-refractivity contribution is 7.14. The Bertz CT molecular complexity index is 1160. The number of rotatable bonds is 5. The lowest BCUT2D eigenvalue weighted by molar-refractivity contribution is 0.102. The van der Waals surface area contributed by atoms with E-state index in [9.17, 15) is 13.6 Å². The summed E-state index contributed by atoms with van der Waals surface area (Å²) in [4.78, 5) is 20.8. The SMILES string of the molecule is O=C(Nc1cccc(Nc2nc(-c3ccncc3)cs2)c1)c1ccc(F)cc1F. The first-order valence-electron chi connectivity index (χ1n) is 8.58. The number of anilines is 3. The predicted molar refractivity (Wildman–Crippen MR) is 109 cm³/mol. The zero-order valence-electron chi connectivity index (χ0n) is 14.9. The third-order valence-electron chi connectivity index (χ3n) is 4.03. The molecule has 2 N–H and O–H groups in total. The molecule has 0 aliphatic carbocycles. The summed E-state index contributed by atoms with van der Waals surface area (Å²) in [6.07, 6.45) is 3.41. The highest BCUT2D eigenvalue weighted by Gasteiger charge is 2.13. The van der Waals surface area contributed by atoms with Crippen molar-refractivity contribution in [2.45, 2.75) is 0 Å². The molecule has 8 heteroatoms. The van der Waals surface area contributed by atoms with E-state index in [-0.39, 0.29) is 5.56 Å². The minimum absolute atomic E-state index is 0.230. The van der Waals surface area contributed by atoms with Gasteiger partial charge in [-0.3, -0.25) is 9.78 Å². The van der Waals surface area contributed by atoms with Gasteiger partial charge < -0.3 is 10.6 Å². The van der Waals surface area contributed by atoms with Crippen LogP contribution in [-0.2, 0) is 0 Å². The van der Waals surface area contributed by atoms with Crippen LogP contribution in [0.4, 0.5) is 25.3 Å². The quantitative estimate of drug-likeness (QED) is 0.459. The molecule has 0 aliphatic heterocycles. The first kappa shape index (κ1) is 18.7. The average Bonchev–Trinajstić information content (AvgIpc) is 3.17. The van der Waals surface area contributed by atoms with Gasteiger partial charge in [-0.05, 0) is 42.5 Å². The molecule has 0 aliphatic rings. The molecule has 0 bridgehead atoms. The summed E-state index contributed by atoms with van der Waals surface area (Å²) in [7, 11) is 0. The van der Waals surface area contributed by atoms with E-state index >= 15 is 0 Å². The molecule has 144 valence electrons. The number of hydrogen-bond donors (Lipinski definition) is 2. The van der Waals surface area contributed by atoms with Crippen LogP contribution >= 0.6 is 11.3 Å². The fourth-order valence-electron chi connectivity index (χ4n) is 2.66. The molecule has 0 saturated heterocycles. The van der Waals surface area contributed by atoms with Gasteiger partial charge in [0.25, 0.3) is 5.91 Å². The predicted octanol–water partition coefficient (Wildman–Crippen LogP) is 5.48. The van der Waals surface area contributed by atoms with Crippen LogP contribution in [0.15, 0.2) is 72.4 Å². The molecule has 1 amide bonds. The standard InChI is InChI=1S/C21H14F2N4OS/c22-14-4-5-17(18(23)10-14)20(28)25-15-2-1-3-16(11-15)26-21-27-19(12-29-21)13-6-8-24-9-7-13/h1-12H,(H,25,28)(H,26,27). The van der Waals surface area contributed by atoms with Crippen molar-refractivity contribution in [2.75, 3.05) is 10.6 Å². The fourth-order valence-corrected chi connectivity index (χ4v) is 3.40. The van der Waals surface area contributed by atoms with Crippen molar-refractivity contribution < 1.29 is 13.6 Å². The van der Waals surface area contributed by atoms with Crippen LogP contribution in [0.2, 0.25) is 0 Å². The topological polar surface area (TPSA) is 66.9 Å². The Morgan fingerprint density at radius 3 is 2.55 bits per heavy atom. The summed E-state index contributed by atoms with van der Waals surface area (Å²) < 4.78 is 26.8. The summed E-state index contributed by atoms with van der Waals surface area (Å²) in [5.74, 6) is -2.31. The number of thiazole rings is 1. The summed E-state index contributed by atoms with van der Waals surface area (Å²) in [6.45, 7) is 0. The first-order chi connectivity index (χ1) is 14.1. The van der Waals surface area contributed by atoms with Crippen molar-refractivity contribution in [1.29, 1.82) is 0 Å². The maximum atomic E-state index is 13.8. The number of nitrogens with one attached hydrogen (secondary N) is 2. The third kappa shape index (κ3) is 4.44. The molecule has 5 nitrogen and oxygen atoms in total. The number of halogens is 2. The van der Waals surface area contributed by atoms with Gasteiger partial charge in [0.2, 0.25) is 0 Å². The smallest absolute Gasteiger partial charge is 0.258 e. The second-order valence-electron chi connectivity index (χ2n) is 6.06. The van der Waals surface area contributed by atoms with Crippen molar-refractivity contribution in [2.24, 2.45) is 0 Å². The highest BCUT2D eigenvalue weighted by Crippen LogP contribution is 2.27. The average molecular weight is 408 g/mol. The number of amides is 1. The Hall–Kier alpha value is -3.65. The molecule has 0 atom stereocenters. The molecular formula is C21H14F2N4OS. The van der Waals surface area contributed by atoms with Crippen LogP contribution in [0.3, 0.4) is 0 Å². The van der Waals surface area contributed by atoms with Crippen molar-refractivity contribution in [3.05, 3.63) is 89.6 Å². The summed E-state index contributed by atoms with van der Waals surface area (Å²) in [6, 6.07) is 13.5. The van der Waals surface area contributed by atoms with Gasteiger partial charge in [0.05, 0.1) is 11.3 Å². The van der Waals surface area contributed by atoms with Gasteiger partial charge in [-0.15, -0.1) is 11.3 Å². The molecule has 4 aromatic rings. The Kier molecular flexibility index (Phi) is 5.26. The molecule has 29 heavy (non-hydrogen) atoms. The van der Waals surface area contributed by atoms with Crippen LogP contribution in [0.25, 0.3) is 11.3 Å². The molecule has 2 aromatic carbocycles. The van der Waals surface area contributed by atoms with E-state index in [0.717, 1.165) is 23.4 Å². The van der Waals surface area contributed by atoms with Crippen LogP contribution in [0.1, 0.15) is 10.4 Å². The van der Waals surface area contributed by atoms with Crippen molar-refractivity contribution in [3.8, 4) is 11.3 Å². The van der Waals surface area contributed by atoms with E-state index in [4.69, 9.17) is 0 Å². The van der Waals surface area contributed by atoms with Crippen LogP contribution < -0.4 is 10.6 Å². The molecule has 2 aromatic heterocycles. The number of pyridine rings is 1.